The molecular formula is C31H36N8O3S. The molecule has 3 atom stereocenters. The highest BCUT2D eigenvalue weighted by Crippen LogP contribution is 2.37. The Kier molecular flexibility index (Phi) is 7.68. The number of anilines is 1. The van der Waals surface area contributed by atoms with Crippen LogP contribution < -0.4 is 19.7 Å². The van der Waals surface area contributed by atoms with Gasteiger partial charge in [0.25, 0.3) is 0 Å². The maximum absolute atomic E-state index is 6.21. The third-order valence-electron chi connectivity index (χ3n) is 8.82. The van der Waals surface area contributed by atoms with Crippen LogP contribution in [-0.4, -0.2) is 95.4 Å². The second-order valence-electron chi connectivity index (χ2n) is 11.5. The fraction of sp³-hybridized carbons (Fsp3) is 0.419. The van der Waals surface area contributed by atoms with E-state index in [0.29, 0.717) is 37.7 Å². The lowest BCUT2D eigenvalue weighted by Gasteiger charge is -2.56. The van der Waals surface area contributed by atoms with Crippen LogP contribution in [0.4, 0.5) is 5.82 Å². The first kappa shape index (κ1) is 28.1. The van der Waals surface area contributed by atoms with Crippen LogP contribution in [0.15, 0.2) is 53.9 Å². The van der Waals surface area contributed by atoms with Crippen LogP contribution in [0.3, 0.4) is 0 Å². The first-order valence-corrected chi connectivity index (χ1v) is 14.7. The first-order valence-electron chi connectivity index (χ1n) is 14.7. The molecule has 4 fully saturated rings. The Balaban J connectivity index is 0.00000300. The summed E-state index contributed by atoms with van der Waals surface area (Å²) in [5, 5.41) is 8.17. The zero-order valence-electron chi connectivity index (χ0n) is 24.1. The molecule has 4 aromatic rings. The van der Waals surface area contributed by atoms with Gasteiger partial charge >= 0.3 is 0 Å². The lowest BCUT2D eigenvalue weighted by molar-refractivity contribution is -0.00876. The maximum Gasteiger partial charge on any atom is 0.212 e. The van der Waals surface area contributed by atoms with E-state index in [1.165, 1.54) is 12.0 Å². The summed E-state index contributed by atoms with van der Waals surface area (Å²) in [5.41, 5.74) is 6.38. The largest absolute Gasteiger partial charge is 0.489 e. The highest BCUT2D eigenvalue weighted by Gasteiger charge is 2.44. The second kappa shape index (κ2) is 11.8. The molecule has 0 saturated carbocycles. The van der Waals surface area contributed by atoms with Gasteiger partial charge in [-0.25, -0.2) is 14.5 Å². The van der Waals surface area contributed by atoms with Crippen molar-refractivity contribution in [1.29, 1.82) is 0 Å². The van der Waals surface area contributed by atoms with Crippen molar-refractivity contribution in [2.75, 3.05) is 51.4 Å². The molecule has 9 rings (SSSR count). The molecule has 11 nitrogen and oxygen atoms in total. The number of methoxy groups -OCH3 is 1. The van der Waals surface area contributed by atoms with Crippen LogP contribution in [0.2, 0.25) is 0 Å². The van der Waals surface area contributed by atoms with Gasteiger partial charge in [0.2, 0.25) is 5.88 Å². The number of pyridine rings is 3. The molecule has 2 unspecified atom stereocenters. The first-order chi connectivity index (χ1) is 20.7. The Morgan fingerprint density at radius 2 is 2.00 bits per heavy atom. The number of aromatic nitrogens is 4. The number of ether oxygens (including phenoxy) is 3. The normalized spacial score (nSPS) is 22.6. The van der Waals surface area contributed by atoms with Gasteiger partial charge < -0.3 is 24.4 Å². The third kappa shape index (κ3) is 5.33. The Bertz CT molecular complexity index is 1610. The average molecular weight is 601 g/mol. The van der Waals surface area contributed by atoms with Gasteiger partial charge in [0.05, 0.1) is 37.7 Å². The Labute approximate surface area is 257 Å². The number of piperidine rings is 1. The van der Waals surface area contributed by atoms with Crippen molar-refractivity contribution in [2.24, 2.45) is 4.99 Å². The molecule has 43 heavy (non-hydrogen) atoms. The summed E-state index contributed by atoms with van der Waals surface area (Å²) in [7, 11) is 1.65. The van der Waals surface area contributed by atoms with Crippen molar-refractivity contribution in [2.45, 2.75) is 37.7 Å². The number of rotatable bonds is 8. The van der Waals surface area contributed by atoms with Crippen molar-refractivity contribution >= 4 is 31.0 Å². The predicted octanol–water partition coefficient (Wildman–Crippen LogP) is 2.68. The minimum atomic E-state index is 0. The maximum atomic E-state index is 6.21. The van der Waals surface area contributed by atoms with E-state index in [9.17, 15) is 0 Å². The molecule has 0 amide bonds. The molecule has 9 heterocycles. The smallest absolute Gasteiger partial charge is 0.212 e. The summed E-state index contributed by atoms with van der Waals surface area (Å²) < 4.78 is 19.2. The molecule has 2 bridgehead atoms. The van der Waals surface area contributed by atoms with E-state index in [4.69, 9.17) is 24.3 Å². The standard InChI is InChI=1S/C31H34N8O3.H2S/c1-40-30-5-2-20(10-35-30)15-38-22-8-23(38)17-37(16-22)29-4-3-21(11-34-29)26-9-24(42-19-25-12-32-6-7-41-25)18-39-31(26)27-13-33-14-28(27)36-39;/h2-5,9-11,13,18,22-23,25,32H,6-8,12,14-17,19H2,1H3;1H2/t22?,23?,25-;/m0./s1. The molecule has 4 aromatic heterocycles. The number of hydrogen-bond acceptors (Lipinski definition) is 10. The zero-order valence-corrected chi connectivity index (χ0v) is 25.1. The van der Waals surface area contributed by atoms with E-state index in [2.05, 4.69) is 49.4 Å². The monoisotopic (exact) mass is 600 g/mol. The van der Waals surface area contributed by atoms with E-state index in [-0.39, 0.29) is 19.6 Å². The molecule has 5 aliphatic heterocycles. The molecule has 4 saturated heterocycles. The lowest BCUT2D eigenvalue weighted by atomic mass is 9.87. The average Bonchev–Trinajstić information content (AvgIpc) is 3.65. The van der Waals surface area contributed by atoms with Gasteiger partial charge in [0.15, 0.2) is 0 Å². The molecule has 1 N–H and O–H groups in total. The van der Waals surface area contributed by atoms with E-state index in [1.54, 1.807) is 7.11 Å². The van der Waals surface area contributed by atoms with Crippen LogP contribution in [0.25, 0.3) is 16.6 Å². The predicted molar refractivity (Wildman–Crippen MR) is 169 cm³/mol. The summed E-state index contributed by atoms with van der Waals surface area (Å²) in [5.74, 6) is 2.43. The van der Waals surface area contributed by atoms with E-state index < -0.39 is 0 Å². The van der Waals surface area contributed by atoms with Crippen LogP contribution in [0.1, 0.15) is 23.2 Å². The fourth-order valence-corrected chi connectivity index (χ4v) is 6.62. The second-order valence-corrected chi connectivity index (χ2v) is 11.5. The van der Waals surface area contributed by atoms with E-state index >= 15 is 0 Å². The van der Waals surface area contributed by atoms with Crippen LogP contribution in [0, 0.1) is 0 Å². The summed E-state index contributed by atoms with van der Waals surface area (Å²) in [6.45, 7) is 6.35. The van der Waals surface area contributed by atoms with Crippen molar-refractivity contribution in [1.82, 2.24) is 29.8 Å². The highest BCUT2D eigenvalue weighted by molar-refractivity contribution is 7.59. The lowest BCUT2D eigenvalue weighted by Crippen LogP contribution is -2.68. The number of hydrogen-bond donors (Lipinski definition) is 1. The fourth-order valence-electron chi connectivity index (χ4n) is 6.62. The topological polar surface area (TPSA) is 102 Å². The summed E-state index contributed by atoms with van der Waals surface area (Å²) in [6.07, 6.45) is 9.06. The quantitative estimate of drug-likeness (QED) is 0.327. The molecular weight excluding hydrogens is 564 g/mol. The van der Waals surface area contributed by atoms with Crippen LogP contribution in [-0.2, 0) is 17.8 Å². The minimum absolute atomic E-state index is 0. The van der Waals surface area contributed by atoms with Crippen LogP contribution >= 0.6 is 13.5 Å². The summed E-state index contributed by atoms with van der Waals surface area (Å²) >= 11 is 0. The Morgan fingerprint density at radius 1 is 1.09 bits per heavy atom. The third-order valence-corrected chi connectivity index (χ3v) is 8.82. The summed E-state index contributed by atoms with van der Waals surface area (Å²) in [4.78, 5) is 18.8. The molecule has 12 heteroatoms. The van der Waals surface area contributed by atoms with Crippen molar-refractivity contribution in [3.05, 3.63) is 65.7 Å². The number of nitrogens with zero attached hydrogens (tertiary/aromatic N) is 7. The number of fused-ring (bicyclic) bond motifs is 5. The van der Waals surface area contributed by atoms with Crippen molar-refractivity contribution in [3.63, 3.8) is 0 Å². The number of aliphatic imine (C=N–C) groups is 1. The number of piperazine rings is 1. The van der Waals surface area contributed by atoms with Gasteiger partial charge in [-0.3, -0.25) is 9.89 Å². The van der Waals surface area contributed by atoms with Gasteiger partial charge in [0.1, 0.15) is 24.3 Å². The van der Waals surface area contributed by atoms with Crippen molar-refractivity contribution in [3.8, 4) is 22.8 Å². The Morgan fingerprint density at radius 3 is 2.74 bits per heavy atom. The minimum Gasteiger partial charge on any atom is -0.489 e. The molecule has 5 aliphatic rings. The summed E-state index contributed by atoms with van der Waals surface area (Å²) in [6, 6.07) is 11.5. The van der Waals surface area contributed by atoms with E-state index in [1.807, 2.05) is 35.4 Å². The van der Waals surface area contributed by atoms with Gasteiger partial charge in [0, 0.05) is 86.2 Å². The Hall–Kier alpha value is -3.71. The van der Waals surface area contributed by atoms with E-state index in [0.717, 1.165) is 72.2 Å². The molecule has 0 aliphatic carbocycles. The zero-order chi connectivity index (χ0) is 28.0. The number of morpholine rings is 1. The molecule has 224 valence electrons. The van der Waals surface area contributed by atoms with Gasteiger partial charge in [-0.1, -0.05) is 6.07 Å². The number of nitrogens with one attached hydrogen (secondary N) is 1. The van der Waals surface area contributed by atoms with Gasteiger partial charge in [-0.2, -0.15) is 18.6 Å². The highest BCUT2D eigenvalue weighted by atomic mass is 32.1. The van der Waals surface area contributed by atoms with Crippen molar-refractivity contribution < 1.29 is 14.2 Å². The molecule has 0 radical (unpaired) electrons. The van der Waals surface area contributed by atoms with Gasteiger partial charge in [-0.05, 0) is 30.2 Å². The van der Waals surface area contributed by atoms with Crippen LogP contribution in [0.5, 0.6) is 11.6 Å². The van der Waals surface area contributed by atoms with Gasteiger partial charge in [-0.15, -0.1) is 0 Å². The molecule has 0 spiro atoms. The SMILES string of the molecule is COc1ccc(CN2C3CC2CN(c2ccc(-c4cc(OC[C@@H]5CNCCO5)cn5nc6c(c45)C=NC6)cn2)C3)cn1.S. The molecule has 0 aromatic carbocycles.